The van der Waals surface area contributed by atoms with Crippen LogP contribution in [0.3, 0.4) is 0 Å². The van der Waals surface area contributed by atoms with Gasteiger partial charge in [-0.25, -0.2) is 0 Å². The molecule has 100 valence electrons. The van der Waals surface area contributed by atoms with E-state index < -0.39 is 0 Å². The zero-order chi connectivity index (χ0) is 13.2. The molecule has 18 heavy (non-hydrogen) atoms. The average Bonchev–Trinajstić information content (AvgIpc) is 2.28. The molecule has 2 heterocycles. The average molecular weight is 312 g/mol. The number of nitrogens with zero attached hydrogens (tertiary/aromatic N) is 2. The standard InChI is InChI=1S/C14H22BrN3/c1-14(2,3)13(18-6-4-16-5-7-18)11-8-12(15)10-17-9-11/h8-10,13,16H,4-7H2,1-3H3/t13-/m0/s1. The summed E-state index contributed by atoms with van der Waals surface area (Å²) in [5.41, 5.74) is 1.51. The van der Waals surface area contributed by atoms with Gasteiger partial charge in [-0.3, -0.25) is 9.88 Å². The van der Waals surface area contributed by atoms with Gasteiger partial charge in [0.2, 0.25) is 0 Å². The molecule has 0 aliphatic carbocycles. The van der Waals surface area contributed by atoms with Gasteiger partial charge < -0.3 is 5.32 Å². The van der Waals surface area contributed by atoms with Gasteiger partial charge in [0.25, 0.3) is 0 Å². The third kappa shape index (κ3) is 3.31. The van der Waals surface area contributed by atoms with Crippen LogP contribution in [0.2, 0.25) is 0 Å². The number of hydrogen-bond donors (Lipinski definition) is 1. The minimum absolute atomic E-state index is 0.208. The molecule has 1 atom stereocenters. The van der Waals surface area contributed by atoms with Crippen LogP contribution in [-0.2, 0) is 0 Å². The largest absolute Gasteiger partial charge is 0.314 e. The van der Waals surface area contributed by atoms with Crippen LogP contribution in [0, 0.1) is 5.41 Å². The number of rotatable bonds is 2. The van der Waals surface area contributed by atoms with Crippen LogP contribution < -0.4 is 5.32 Å². The van der Waals surface area contributed by atoms with Gasteiger partial charge in [0.15, 0.2) is 0 Å². The number of hydrogen-bond acceptors (Lipinski definition) is 3. The Labute approximate surface area is 118 Å². The Kier molecular flexibility index (Phi) is 4.41. The van der Waals surface area contributed by atoms with Crippen molar-refractivity contribution in [2.45, 2.75) is 26.8 Å². The van der Waals surface area contributed by atoms with Gasteiger partial charge in [0, 0.05) is 49.1 Å². The maximum Gasteiger partial charge on any atom is 0.0413 e. The molecule has 0 saturated carbocycles. The molecule has 0 radical (unpaired) electrons. The van der Waals surface area contributed by atoms with Crippen molar-refractivity contribution in [3.63, 3.8) is 0 Å². The molecule has 3 nitrogen and oxygen atoms in total. The van der Waals surface area contributed by atoms with Crippen molar-refractivity contribution in [3.05, 3.63) is 28.5 Å². The molecule has 0 amide bonds. The molecule has 1 aromatic rings. The molecule has 1 aromatic heterocycles. The first-order valence-corrected chi connectivity index (χ1v) is 7.33. The second-order valence-corrected chi connectivity index (χ2v) is 6.91. The van der Waals surface area contributed by atoms with Crippen molar-refractivity contribution >= 4 is 15.9 Å². The smallest absolute Gasteiger partial charge is 0.0413 e. The second-order valence-electron chi connectivity index (χ2n) is 5.99. The molecule has 0 bridgehead atoms. The highest BCUT2D eigenvalue weighted by molar-refractivity contribution is 9.10. The number of halogens is 1. The monoisotopic (exact) mass is 311 g/mol. The lowest BCUT2D eigenvalue weighted by molar-refractivity contribution is 0.0859. The summed E-state index contributed by atoms with van der Waals surface area (Å²) in [5, 5.41) is 3.42. The summed E-state index contributed by atoms with van der Waals surface area (Å²) in [6.45, 7) is 11.3. The molecule has 4 heteroatoms. The molecule has 1 N–H and O–H groups in total. The lowest BCUT2D eigenvalue weighted by Crippen LogP contribution is -2.48. The molecule has 1 saturated heterocycles. The van der Waals surface area contributed by atoms with Crippen LogP contribution in [0.15, 0.2) is 22.9 Å². The zero-order valence-corrected chi connectivity index (χ0v) is 13.0. The van der Waals surface area contributed by atoms with E-state index >= 15 is 0 Å². The summed E-state index contributed by atoms with van der Waals surface area (Å²) < 4.78 is 1.06. The van der Waals surface area contributed by atoms with Crippen molar-refractivity contribution in [3.8, 4) is 0 Å². The van der Waals surface area contributed by atoms with Crippen LogP contribution in [0.25, 0.3) is 0 Å². The van der Waals surface area contributed by atoms with Crippen LogP contribution >= 0.6 is 15.9 Å². The van der Waals surface area contributed by atoms with Gasteiger partial charge in [0.05, 0.1) is 0 Å². The molecule has 1 aliphatic rings. The van der Waals surface area contributed by atoms with E-state index in [4.69, 9.17) is 0 Å². The highest BCUT2D eigenvalue weighted by Gasteiger charge is 2.32. The molecule has 0 aromatic carbocycles. The molecule has 1 aliphatic heterocycles. The first-order valence-electron chi connectivity index (χ1n) is 6.54. The minimum atomic E-state index is 0.208. The van der Waals surface area contributed by atoms with Crippen molar-refractivity contribution < 1.29 is 0 Å². The third-order valence-corrected chi connectivity index (χ3v) is 3.81. The van der Waals surface area contributed by atoms with E-state index in [9.17, 15) is 0 Å². The van der Waals surface area contributed by atoms with Crippen LogP contribution in [0.5, 0.6) is 0 Å². The third-order valence-electron chi connectivity index (χ3n) is 3.38. The Morgan fingerprint density at radius 3 is 2.50 bits per heavy atom. The highest BCUT2D eigenvalue weighted by atomic mass is 79.9. The first-order chi connectivity index (χ1) is 8.48. The van der Waals surface area contributed by atoms with Gasteiger partial charge in [-0.2, -0.15) is 0 Å². The Bertz CT molecular complexity index is 394. The molecule has 1 fully saturated rings. The van der Waals surface area contributed by atoms with Crippen molar-refractivity contribution in [2.75, 3.05) is 26.2 Å². The van der Waals surface area contributed by atoms with E-state index in [2.05, 4.69) is 58.0 Å². The Morgan fingerprint density at radius 2 is 1.94 bits per heavy atom. The Hall–Kier alpha value is -0.450. The van der Waals surface area contributed by atoms with Gasteiger partial charge >= 0.3 is 0 Å². The lowest BCUT2D eigenvalue weighted by Gasteiger charge is -2.42. The summed E-state index contributed by atoms with van der Waals surface area (Å²) in [7, 11) is 0. The molecular weight excluding hydrogens is 290 g/mol. The Morgan fingerprint density at radius 1 is 1.28 bits per heavy atom. The van der Waals surface area contributed by atoms with Gasteiger partial charge in [-0.05, 0) is 33.0 Å². The number of aromatic nitrogens is 1. The van der Waals surface area contributed by atoms with Crippen molar-refractivity contribution in [1.29, 1.82) is 0 Å². The number of pyridine rings is 1. The zero-order valence-electron chi connectivity index (χ0n) is 11.4. The van der Waals surface area contributed by atoms with E-state index in [0.29, 0.717) is 6.04 Å². The van der Waals surface area contributed by atoms with Gasteiger partial charge in [-0.15, -0.1) is 0 Å². The first kappa shape index (κ1) is 14.0. The maximum absolute atomic E-state index is 4.32. The summed E-state index contributed by atoms with van der Waals surface area (Å²) in [5.74, 6) is 0. The van der Waals surface area contributed by atoms with Gasteiger partial charge in [-0.1, -0.05) is 20.8 Å². The maximum atomic E-state index is 4.32. The normalized spacial score (nSPS) is 19.8. The molecule has 0 unspecified atom stereocenters. The van der Waals surface area contributed by atoms with Crippen molar-refractivity contribution in [1.82, 2.24) is 15.2 Å². The molecular formula is C14H22BrN3. The highest BCUT2D eigenvalue weighted by Crippen LogP contribution is 2.38. The predicted octanol–water partition coefficient (Wildman–Crippen LogP) is 2.84. The quantitative estimate of drug-likeness (QED) is 0.910. The topological polar surface area (TPSA) is 28.2 Å². The fourth-order valence-electron chi connectivity index (χ4n) is 2.78. The summed E-state index contributed by atoms with van der Waals surface area (Å²) >= 11 is 3.53. The van der Waals surface area contributed by atoms with E-state index in [1.165, 1.54) is 5.56 Å². The number of piperazine rings is 1. The molecule has 2 rings (SSSR count). The summed E-state index contributed by atoms with van der Waals surface area (Å²) in [4.78, 5) is 6.89. The van der Waals surface area contributed by atoms with E-state index in [0.717, 1.165) is 30.7 Å². The predicted molar refractivity (Wildman–Crippen MR) is 78.6 cm³/mol. The van der Waals surface area contributed by atoms with E-state index in [1.54, 1.807) is 0 Å². The van der Waals surface area contributed by atoms with E-state index in [-0.39, 0.29) is 5.41 Å². The minimum Gasteiger partial charge on any atom is -0.314 e. The van der Waals surface area contributed by atoms with Crippen molar-refractivity contribution in [2.24, 2.45) is 5.41 Å². The van der Waals surface area contributed by atoms with Crippen LogP contribution in [-0.4, -0.2) is 36.1 Å². The van der Waals surface area contributed by atoms with E-state index in [1.807, 2.05) is 12.4 Å². The SMILES string of the molecule is CC(C)(C)[C@H](c1cncc(Br)c1)N1CCNCC1. The lowest BCUT2D eigenvalue weighted by atomic mass is 9.81. The Balaban J connectivity index is 2.30. The van der Waals surface area contributed by atoms with Gasteiger partial charge in [0.1, 0.15) is 0 Å². The fourth-order valence-corrected chi connectivity index (χ4v) is 3.16. The van der Waals surface area contributed by atoms with Crippen LogP contribution in [0.4, 0.5) is 0 Å². The van der Waals surface area contributed by atoms with Crippen LogP contribution in [0.1, 0.15) is 32.4 Å². The molecule has 0 spiro atoms. The second kappa shape index (κ2) is 5.68. The summed E-state index contributed by atoms with van der Waals surface area (Å²) in [6, 6.07) is 2.62. The summed E-state index contributed by atoms with van der Waals surface area (Å²) in [6.07, 6.45) is 3.85. The fraction of sp³-hybridized carbons (Fsp3) is 0.643. The number of nitrogens with one attached hydrogen (secondary N) is 1.